The molecule has 0 atom stereocenters. The molecule has 0 bridgehead atoms. The van der Waals surface area contributed by atoms with Crippen molar-refractivity contribution in [3.63, 3.8) is 0 Å². The van der Waals surface area contributed by atoms with Crippen LogP contribution in [-0.2, 0) is 0 Å². The second kappa shape index (κ2) is 5.76. The van der Waals surface area contributed by atoms with Crippen LogP contribution in [0.2, 0.25) is 5.02 Å². The summed E-state index contributed by atoms with van der Waals surface area (Å²) in [7, 11) is 0. The van der Waals surface area contributed by atoms with E-state index in [2.05, 4.69) is 4.98 Å². The van der Waals surface area contributed by atoms with Crippen molar-refractivity contribution >= 4 is 28.1 Å². The fraction of sp³-hybridized carbons (Fsp3) is 0.0625. The molecule has 0 aliphatic rings. The molecule has 5 heteroatoms. The predicted octanol–water partition coefficient (Wildman–Crippen LogP) is 5.15. The van der Waals surface area contributed by atoms with Crippen LogP contribution in [0.15, 0.2) is 48.5 Å². The van der Waals surface area contributed by atoms with Gasteiger partial charge in [0.2, 0.25) is 5.06 Å². The zero-order valence-electron chi connectivity index (χ0n) is 11.3. The summed E-state index contributed by atoms with van der Waals surface area (Å²) in [5, 5.41) is 1.79. The van der Waals surface area contributed by atoms with Gasteiger partial charge in [-0.1, -0.05) is 53.3 Å². The molecule has 0 unspecified atom stereocenters. The molecule has 1 heterocycles. The molecule has 106 valence electrons. The lowest BCUT2D eigenvalue weighted by atomic mass is 10.2. The molecule has 0 saturated heterocycles. The van der Waals surface area contributed by atoms with Crippen LogP contribution in [0.1, 0.15) is 5.56 Å². The first kappa shape index (κ1) is 13.9. The van der Waals surface area contributed by atoms with Gasteiger partial charge in [0.25, 0.3) is 0 Å². The van der Waals surface area contributed by atoms with E-state index in [1.807, 2.05) is 55.5 Å². The minimum atomic E-state index is 0.466. The maximum Gasteiger partial charge on any atom is 0.210 e. The monoisotopic (exact) mass is 316 g/mol. The fourth-order valence-electron chi connectivity index (χ4n) is 1.98. The standard InChI is InChI=1S/C16H13ClN2OS/c1-10-5-2-3-8-13(10)20-15-14(19-16(18)21-15)11-6-4-7-12(17)9-11/h2-9H,1H3,(H2,18,19). The molecule has 0 spiro atoms. The minimum absolute atomic E-state index is 0.466. The van der Waals surface area contributed by atoms with Gasteiger partial charge in [0.05, 0.1) is 0 Å². The number of anilines is 1. The Morgan fingerprint density at radius 2 is 1.95 bits per heavy atom. The highest BCUT2D eigenvalue weighted by molar-refractivity contribution is 7.17. The summed E-state index contributed by atoms with van der Waals surface area (Å²) >= 11 is 7.36. The first-order valence-corrected chi connectivity index (χ1v) is 7.58. The third kappa shape index (κ3) is 3.01. The van der Waals surface area contributed by atoms with Crippen molar-refractivity contribution in [2.24, 2.45) is 0 Å². The van der Waals surface area contributed by atoms with Crippen LogP contribution in [0.25, 0.3) is 11.3 Å². The fourth-order valence-corrected chi connectivity index (χ4v) is 2.89. The van der Waals surface area contributed by atoms with Crippen molar-refractivity contribution in [3.05, 3.63) is 59.1 Å². The molecule has 3 nitrogen and oxygen atoms in total. The van der Waals surface area contributed by atoms with Gasteiger partial charge in [0.15, 0.2) is 5.13 Å². The number of halogens is 1. The zero-order chi connectivity index (χ0) is 14.8. The summed E-state index contributed by atoms with van der Waals surface area (Å²) in [5.74, 6) is 0.796. The van der Waals surface area contributed by atoms with Crippen LogP contribution in [0, 0.1) is 6.92 Å². The van der Waals surface area contributed by atoms with Gasteiger partial charge in [0.1, 0.15) is 11.4 Å². The van der Waals surface area contributed by atoms with Gasteiger partial charge in [-0.3, -0.25) is 0 Å². The number of benzene rings is 2. The third-order valence-corrected chi connectivity index (χ3v) is 4.00. The molecule has 0 amide bonds. The van der Waals surface area contributed by atoms with E-state index in [-0.39, 0.29) is 0 Å². The molecule has 2 N–H and O–H groups in total. The number of rotatable bonds is 3. The molecule has 1 aromatic heterocycles. The molecular weight excluding hydrogens is 304 g/mol. The average molecular weight is 317 g/mol. The number of thiazole rings is 1. The zero-order valence-corrected chi connectivity index (χ0v) is 12.9. The number of hydrogen-bond acceptors (Lipinski definition) is 4. The lowest BCUT2D eigenvalue weighted by Gasteiger charge is -2.08. The van der Waals surface area contributed by atoms with E-state index in [1.165, 1.54) is 11.3 Å². The number of para-hydroxylation sites is 1. The Hall–Kier alpha value is -2.04. The molecule has 3 rings (SSSR count). The summed E-state index contributed by atoms with van der Waals surface area (Å²) < 4.78 is 5.99. The Bertz CT molecular complexity index is 785. The van der Waals surface area contributed by atoms with Crippen molar-refractivity contribution in [1.82, 2.24) is 4.98 Å². The van der Waals surface area contributed by atoms with Gasteiger partial charge >= 0.3 is 0 Å². The summed E-state index contributed by atoms with van der Waals surface area (Å²) in [5.41, 5.74) is 8.50. The van der Waals surface area contributed by atoms with E-state index in [1.54, 1.807) is 0 Å². The first-order chi connectivity index (χ1) is 10.1. The first-order valence-electron chi connectivity index (χ1n) is 6.39. The predicted molar refractivity (Wildman–Crippen MR) is 88.2 cm³/mol. The van der Waals surface area contributed by atoms with Gasteiger partial charge in [0, 0.05) is 10.6 Å². The SMILES string of the molecule is Cc1ccccc1Oc1sc(N)nc1-c1cccc(Cl)c1. The Balaban J connectivity index is 2.02. The highest BCUT2D eigenvalue weighted by Gasteiger charge is 2.15. The van der Waals surface area contributed by atoms with E-state index < -0.39 is 0 Å². The minimum Gasteiger partial charge on any atom is -0.444 e. The van der Waals surface area contributed by atoms with E-state index in [4.69, 9.17) is 22.1 Å². The molecule has 0 saturated carbocycles. The van der Waals surface area contributed by atoms with E-state index >= 15 is 0 Å². The number of nitrogens with zero attached hydrogens (tertiary/aromatic N) is 1. The largest absolute Gasteiger partial charge is 0.444 e. The summed E-state index contributed by atoms with van der Waals surface area (Å²) in [6.45, 7) is 2.00. The van der Waals surface area contributed by atoms with Gasteiger partial charge < -0.3 is 10.5 Å². The van der Waals surface area contributed by atoms with Gasteiger partial charge in [-0.2, -0.15) is 0 Å². The van der Waals surface area contributed by atoms with Crippen LogP contribution >= 0.6 is 22.9 Å². The molecule has 0 fully saturated rings. The van der Waals surface area contributed by atoms with Crippen LogP contribution in [-0.4, -0.2) is 4.98 Å². The normalized spacial score (nSPS) is 10.6. The van der Waals surface area contributed by atoms with E-state index in [9.17, 15) is 0 Å². The van der Waals surface area contributed by atoms with Crippen molar-refractivity contribution in [2.45, 2.75) is 6.92 Å². The van der Waals surface area contributed by atoms with Gasteiger partial charge in [-0.05, 0) is 30.7 Å². The smallest absolute Gasteiger partial charge is 0.210 e. The van der Waals surface area contributed by atoms with E-state index in [0.717, 1.165) is 16.9 Å². The van der Waals surface area contributed by atoms with Crippen molar-refractivity contribution in [2.75, 3.05) is 5.73 Å². The van der Waals surface area contributed by atoms with Gasteiger partial charge in [-0.25, -0.2) is 4.98 Å². The number of ether oxygens (including phenoxy) is 1. The van der Waals surface area contributed by atoms with E-state index in [0.29, 0.717) is 20.9 Å². The number of aryl methyl sites for hydroxylation is 1. The van der Waals surface area contributed by atoms with Gasteiger partial charge in [-0.15, -0.1) is 0 Å². The summed E-state index contributed by atoms with van der Waals surface area (Å²) in [6, 6.07) is 15.3. The van der Waals surface area contributed by atoms with Crippen molar-refractivity contribution in [3.8, 4) is 22.1 Å². The van der Waals surface area contributed by atoms with Crippen molar-refractivity contribution < 1.29 is 4.74 Å². The molecular formula is C16H13ClN2OS. The summed E-state index contributed by atoms with van der Waals surface area (Å²) in [6.07, 6.45) is 0. The average Bonchev–Trinajstić information content (AvgIpc) is 2.82. The molecule has 21 heavy (non-hydrogen) atoms. The van der Waals surface area contributed by atoms with Crippen LogP contribution in [0.5, 0.6) is 10.8 Å². The molecule has 0 aliphatic heterocycles. The second-order valence-electron chi connectivity index (χ2n) is 4.57. The Labute approximate surface area is 132 Å². The van der Waals surface area contributed by atoms with Crippen LogP contribution in [0.4, 0.5) is 5.13 Å². The van der Waals surface area contributed by atoms with Crippen LogP contribution in [0.3, 0.4) is 0 Å². The maximum absolute atomic E-state index is 6.04. The Kier molecular flexibility index (Phi) is 3.82. The quantitative estimate of drug-likeness (QED) is 0.727. The number of aromatic nitrogens is 1. The molecule has 2 aromatic carbocycles. The number of hydrogen-bond donors (Lipinski definition) is 1. The van der Waals surface area contributed by atoms with Crippen LogP contribution < -0.4 is 10.5 Å². The Morgan fingerprint density at radius 1 is 1.14 bits per heavy atom. The maximum atomic E-state index is 6.04. The number of nitrogen functional groups attached to an aromatic ring is 1. The number of nitrogens with two attached hydrogens (primary N) is 1. The van der Waals surface area contributed by atoms with Crippen molar-refractivity contribution in [1.29, 1.82) is 0 Å². The molecule has 3 aromatic rings. The third-order valence-electron chi connectivity index (χ3n) is 3.01. The second-order valence-corrected chi connectivity index (χ2v) is 6.00. The Morgan fingerprint density at radius 3 is 2.71 bits per heavy atom. The lowest BCUT2D eigenvalue weighted by Crippen LogP contribution is -1.88. The topological polar surface area (TPSA) is 48.1 Å². The molecule has 0 aliphatic carbocycles. The lowest BCUT2D eigenvalue weighted by molar-refractivity contribution is 0.493. The highest BCUT2D eigenvalue weighted by Crippen LogP contribution is 2.40. The molecule has 0 radical (unpaired) electrons. The highest BCUT2D eigenvalue weighted by atomic mass is 35.5. The summed E-state index contributed by atoms with van der Waals surface area (Å²) in [4.78, 5) is 4.36.